The van der Waals surface area contributed by atoms with Crippen molar-refractivity contribution in [2.45, 2.75) is 24.1 Å². The first-order valence-corrected chi connectivity index (χ1v) is 7.65. The Kier molecular flexibility index (Phi) is 5.04. The van der Waals surface area contributed by atoms with E-state index >= 15 is 0 Å². The molecule has 0 aliphatic carbocycles. The van der Waals surface area contributed by atoms with E-state index in [4.69, 9.17) is 0 Å². The molecule has 0 bridgehead atoms. The first kappa shape index (κ1) is 14.1. The summed E-state index contributed by atoms with van der Waals surface area (Å²) in [4.78, 5) is 16.1. The average molecular weight is 296 g/mol. The van der Waals surface area contributed by atoms with E-state index in [0.717, 1.165) is 16.6 Å². The number of rotatable bonds is 6. The standard InChI is InChI=1S/C13H13FN2OS2/c1-2-12-15-13(19-16-12)18-8-10(17)7-9-5-3-4-6-11(9)14/h3-6H,2,7-8H2,1H3. The zero-order valence-corrected chi connectivity index (χ0v) is 12.1. The molecule has 1 heterocycles. The second-order valence-corrected chi connectivity index (χ2v) is 5.90. The van der Waals surface area contributed by atoms with Crippen molar-refractivity contribution in [3.05, 3.63) is 41.5 Å². The molecule has 100 valence electrons. The SMILES string of the molecule is CCc1nsc(SCC(=O)Cc2ccccc2F)n1. The molecule has 0 saturated heterocycles. The summed E-state index contributed by atoms with van der Waals surface area (Å²) in [5.74, 6) is 0.759. The molecule has 0 atom stereocenters. The maximum absolute atomic E-state index is 13.4. The first-order chi connectivity index (χ1) is 9.19. The third-order valence-corrected chi connectivity index (χ3v) is 4.40. The van der Waals surface area contributed by atoms with Gasteiger partial charge in [0, 0.05) is 12.8 Å². The molecule has 0 aliphatic rings. The predicted octanol–water partition coefficient (Wildman–Crippen LogP) is 3.14. The van der Waals surface area contributed by atoms with Crippen molar-refractivity contribution in [3.63, 3.8) is 0 Å². The van der Waals surface area contributed by atoms with Crippen LogP contribution >= 0.6 is 23.3 Å². The van der Waals surface area contributed by atoms with Gasteiger partial charge in [0.25, 0.3) is 0 Å². The number of Topliss-reactive ketones (excluding diaryl/α,β-unsaturated/α-hetero) is 1. The van der Waals surface area contributed by atoms with Crippen molar-refractivity contribution in [2.24, 2.45) is 0 Å². The number of halogens is 1. The number of aromatic nitrogens is 2. The van der Waals surface area contributed by atoms with Gasteiger partial charge in [-0.2, -0.15) is 4.37 Å². The smallest absolute Gasteiger partial charge is 0.170 e. The number of thioether (sulfide) groups is 1. The zero-order valence-electron chi connectivity index (χ0n) is 10.4. The summed E-state index contributed by atoms with van der Waals surface area (Å²) in [5.41, 5.74) is 0.444. The van der Waals surface area contributed by atoms with Crippen molar-refractivity contribution < 1.29 is 9.18 Å². The Morgan fingerprint density at radius 1 is 1.42 bits per heavy atom. The van der Waals surface area contributed by atoms with E-state index in [2.05, 4.69) is 9.36 Å². The number of ketones is 1. The van der Waals surface area contributed by atoms with Crippen LogP contribution < -0.4 is 0 Å². The Hall–Kier alpha value is -1.27. The third-order valence-electron chi connectivity index (χ3n) is 2.47. The lowest BCUT2D eigenvalue weighted by Gasteiger charge is -2.01. The molecular weight excluding hydrogens is 283 g/mol. The molecule has 3 nitrogen and oxygen atoms in total. The molecule has 0 fully saturated rings. The minimum Gasteiger partial charge on any atom is -0.298 e. The lowest BCUT2D eigenvalue weighted by atomic mass is 10.1. The summed E-state index contributed by atoms with van der Waals surface area (Å²) in [7, 11) is 0. The Morgan fingerprint density at radius 3 is 2.89 bits per heavy atom. The number of hydrogen-bond acceptors (Lipinski definition) is 5. The van der Waals surface area contributed by atoms with Gasteiger partial charge in [-0.15, -0.1) is 0 Å². The molecule has 6 heteroatoms. The molecular formula is C13H13FN2OS2. The predicted molar refractivity (Wildman–Crippen MR) is 75.1 cm³/mol. The van der Waals surface area contributed by atoms with Gasteiger partial charge in [-0.3, -0.25) is 4.79 Å². The quantitative estimate of drug-likeness (QED) is 0.768. The van der Waals surface area contributed by atoms with Crippen molar-refractivity contribution in [3.8, 4) is 0 Å². The van der Waals surface area contributed by atoms with Crippen molar-refractivity contribution >= 4 is 29.1 Å². The highest BCUT2D eigenvalue weighted by molar-refractivity contribution is 8.01. The molecule has 1 aromatic carbocycles. The Morgan fingerprint density at radius 2 is 2.21 bits per heavy atom. The fourth-order valence-corrected chi connectivity index (χ4v) is 3.04. The topological polar surface area (TPSA) is 42.9 Å². The normalized spacial score (nSPS) is 10.6. The highest BCUT2D eigenvalue weighted by Crippen LogP contribution is 2.21. The lowest BCUT2D eigenvalue weighted by Crippen LogP contribution is -2.07. The van der Waals surface area contributed by atoms with Crippen molar-refractivity contribution in [2.75, 3.05) is 5.75 Å². The molecule has 0 radical (unpaired) electrons. The molecule has 19 heavy (non-hydrogen) atoms. The summed E-state index contributed by atoms with van der Waals surface area (Å²) in [5, 5.41) is 0. The van der Waals surface area contributed by atoms with Crippen LogP contribution in [0.2, 0.25) is 0 Å². The van der Waals surface area contributed by atoms with E-state index in [9.17, 15) is 9.18 Å². The molecule has 2 aromatic rings. The van der Waals surface area contributed by atoms with E-state index in [-0.39, 0.29) is 18.0 Å². The average Bonchev–Trinajstić information content (AvgIpc) is 2.87. The number of nitrogens with zero attached hydrogens (tertiary/aromatic N) is 2. The van der Waals surface area contributed by atoms with Gasteiger partial charge in [-0.25, -0.2) is 9.37 Å². The van der Waals surface area contributed by atoms with Gasteiger partial charge in [-0.05, 0) is 23.2 Å². The van der Waals surface area contributed by atoms with Crippen LogP contribution in [0.3, 0.4) is 0 Å². The van der Waals surface area contributed by atoms with E-state index < -0.39 is 0 Å². The van der Waals surface area contributed by atoms with Crippen LogP contribution in [-0.2, 0) is 17.6 Å². The Bertz CT molecular complexity index is 571. The van der Waals surface area contributed by atoms with E-state index in [1.165, 1.54) is 29.4 Å². The first-order valence-electron chi connectivity index (χ1n) is 5.89. The number of benzene rings is 1. The van der Waals surface area contributed by atoms with E-state index in [0.29, 0.717) is 11.3 Å². The summed E-state index contributed by atoms with van der Waals surface area (Å²) in [6.07, 6.45) is 0.916. The number of carbonyl (C=O) groups excluding carboxylic acids is 1. The van der Waals surface area contributed by atoms with Crippen LogP contribution in [0.25, 0.3) is 0 Å². The maximum Gasteiger partial charge on any atom is 0.170 e. The van der Waals surface area contributed by atoms with Crippen LogP contribution in [0.1, 0.15) is 18.3 Å². The molecule has 0 aliphatic heterocycles. The van der Waals surface area contributed by atoms with E-state index in [1.54, 1.807) is 18.2 Å². The minimum atomic E-state index is -0.329. The summed E-state index contributed by atoms with van der Waals surface area (Å²) in [6, 6.07) is 6.36. The largest absolute Gasteiger partial charge is 0.298 e. The molecule has 0 N–H and O–H groups in total. The fourth-order valence-electron chi connectivity index (χ4n) is 1.49. The molecule has 0 spiro atoms. The highest BCUT2D eigenvalue weighted by atomic mass is 32.2. The van der Waals surface area contributed by atoms with Crippen LogP contribution in [0, 0.1) is 5.82 Å². The third kappa shape index (κ3) is 4.11. The van der Waals surface area contributed by atoms with Gasteiger partial charge in [0.2, 0.25) is 0 Å². The molecule has 1 aromatic heterocycles. The number of hydrogen-bond donors (Lipinski definition) is 0. The van der Waals surface area contributed by atoms with Gasteiger partial charge in [0.15, 0.2) is 4.34 Å². The van der Waals surface area contributed by atoms with Crippen LogP contribution in [0.4, 0.5) is 4.39 Å². The van der Waals surface area contributed by atoms with Gasteiger partial charge < -0.3 is 0 Å². The van der Waals surface area contributed by atoms with Crippen molar-refractivity contribution in [1.82, 2.24) is 9.36 Å². The molecule has 2 rings (SSSR count). The molecule has 0 unspecified atom stereocenters. The van der Waals surface area contributed by atoms with Gasteiger partial charge in [-0.1, -0.05) is 36.9 Å². The zero-order chi connectivity index (χ0) is 13.7. The van der Waals surface area contributed by atoms with Crippen LogP contribution in [0.5, 0.6) is 0 Å². The van der Waals surface area contributed by atoms with Crippen LogP contribution in [0.15, 0.2) is 28.6 Å². The second kappa shape index (κ2) is 6.77. The highest BCUT2D eigenvalue weighted by Gasteiger charge is 2.10. The Labute approximate surface area is 119 Å². The summed E-state index contributed by atoms with van der Waals surface area (Å²) >= 11 is 2.66. The second-order valence-electron chi connectivity index (χ2n) is 3.93. The van der Waals surface area contributed by atoms with Gasteiger partial charge >= 0.3 is 0 Å². The van der Waals surface area contributed by atoms with E-state index in [1.807, 2.05) is 6.92 Å². The molecule has 0 saturated carbocycles. The summed E-state index contributed by atoms with van der Waals surface area (Å²) < 4.78 is 18.3. The molecule has 0 amide bonds. The van der Waals surface area contributed by atoms with Crippen molar-refractivity contribution in [1.29, 1.82) is 0 Å². The van der Waals surface area contributed by atoms with Gasteiger partial charge in [0.1, 0.15) is 17.4 Å². The minimum absolute atomic E-state index is 0.0108. The number of aryl methyl sites for hydroxylation is 1. The summed E-state index contributed by atoms with van der Waals surface area (Å²) in [6.45, 7) is 1.99. The maximum atomic E-state index is 13.4. The Balaban J connectivity index is 1.86. The van der Waals surface area contributed by atoms with Gasteiger partial charge in [0.05, 0.1) is 5.75 Å². The lowest BCUT2D eigenvalue weighted by molar-refractivity contribution is -0.116. The number of carbonyl (C=O) groups is 1. The fraction of sp³-hybridized carbons (Fsp3) is 0.308. The van der Waals surface area contributed by atoms with Crippen LogP contribution in [-0.4, -0.2) is 20.9 Å². The monoisotopic (exact) mass is 296 g/mol.